The van der Waals surface area contributed by atoms with Crippen LogP contribution in [0.4, 0.5) is 0 Å². The van der Waals surface area contributed by atoms with E-state index in [1.807, 2.05) is 0 Å². The molecule has 0 N–H and O–H groups in total. The summed E-state index contributed by atoms with van der Waals surface area (Å²) in [5, 5.41) is 2.09. The summed E-state index contributed by atoms with van der Waals surface area (Å²) >= 11 is 8.18. The molecule has 2 heteroatoms. The number of hydrogen-bond donors (Lipinski definition) is 0. The number of thiophene rings is 1. The molecule has 0 radical (unpaired) electrons. The first-order chi connectivity index (χ1) is 5.06. The van der Waals surface area contributed by atoms with Crippen molar-refractivity contribution < 1.29 is 0 Å². The van der Waals surface area contributed by atoms with Crippen LogP contribution in [-0.4, -0.2) is 0 Å². The van der Waals surface area contributed by atoms with Crippen molar-refractivity contribution in [2.45, 2.75) is 25.1 Å². The van der Waals surface area contributed by atoms with Crippen molar-refractivity contribution in [3.8, 4) is 0 Å². The van der Waals surface area contributed by atoms with Gasteiger partial charge in [-0.25, -0.2) is 0 Å². The zero-order valence-electron chi connectivity index (χ0n) is 6.73. The van der Waals surface area contributed by atoms with Crippen LogP contribution in [0.3, 0.4) is 0 Å². The molecule has 0 amide bonds. The fourth-order valence-electron chi connectivity index (χ4n) is 1.49. The van der Waals surface area contributed by atoms with Gasteiger partial charge in [0, 0.05) is 4.88 Å². The van der Waals surface area contributed by atoms with Crippen LogP contribution in [0.5, 0.6) is 0 Å². The van der Waals surface area contributed by atoms with E-state index in [0.29, 0.717) is 5.41 Å². The summed E-state index contributed by atoms with van der Waals surface area (Å²) in [6.45, 7) is 4.44. The molecule has 0 saturated heterocycles. The van der Waals surface area contributed by atoms with Crippen LogP contribution in [0, 0.1) is 5.41 Å². The van der Waals surface area contributed by atoms with Gasteiger partial charge in [0.1, 0.15) is 0 Å². The molecular formula is C9H11ClS. The summed E-state index contributed by atoms with van der Waals surface area (Å²) in [4.78, 5) is 1.28. The second-order valence-electron chi connectivity index (χ2n) is 3.84. The third kappa shape index (κ3) is 0.944. The molecule has 11 heavy (non-hydrogen) atoms. The molecule has 1 saturated carbocycles. The summed E-state index contributed by atoms with van der Waals surface area (Å²) in [5.74, 6) is 0. The van der Waals surface area contributed by atoms with E-state index in [2.05, 4.69) is 31.4 Å². The standard InChI is InChI=1S/C9H11ClS/c1-8(2)6-9(8,10)7-4-3-5-11-7/h3-5H,6H2,1-2H3. The lowest BCUT2D eigenvalue weighted by molar-refractivity contribution is 0.599. The van der Waals surface area contributed by atoms with Crippen LogP contribution < -0.4 is 0 Å². The zero-order valence-corrected chi connectivity index (χ0v) is 8.30. The molecule has 0 spiro atoms. The first kappa shape index (κ1) is 7.63. The van der Waals surface area contributed by atoms with Gasteiger partial charge in [-0.1, -0.05) is 19.9 Å². The smallest absolute Gasteiger partial charge is 0.0844 e. The number of halogens is 1. The molecule has 1 aliphatic carbocycles. The van der Waals surface area contributed by atoms with Crippen LogP contribution in [-0.2, 0) is 4.87 Å². The third-order valence-corrected chi connectivity index (χ3v) is 4.54. The number of hydrogen-bond acceptors (Lipinski definition) is 1. The van der Waals surface area contributed by atoms with E-state index in [-0.39, 0.29) is 4.87 Å². The molecule has 1 aliphatic rings. The Labute approximate surface area is 76.2 Å². The highest BCUT2D eigenvalue weighted by molar-refractivity contribution is 7.10. The molecule has 0 nitrogen and oxygen atoms in total. The van der Waals surface area contributed by atoms with E-state index in [0.717, 1.165) is 6.42 Å². The van der Waals surface area contributed by atoms with Crippen molar-refractivity contribution in [2.75, 3.05) is 0 Å². The Morgan fingerprint density at radius 2 is 2.18 bits per heavy atom. The lowest BCUT2D eigenvalue weighted by atomic mass is 10.1. The first-order valence-electron chi connectivity index (χ1n) is 3.79. The van der Waals surface area contributed by atoms with Crippen molar-refractivity contribution in [1.29, 1.82) is 0 Å². The van der Waals surface area contributed by atoms with Gasteiger partial charge in [0.25, 0.3) is 0 Å². The van der Waals surface area contributed by atoms with Crippen molar-refractivity contribution in [3.05, 3.63) is 22.4 Å². The molecule has 1 unspecified atom stereocenters. The van der Waals surface area contributed by atoms with Crippen molar-refractivity contribution in [3.63, 3.8) is 0 Å². The van der Waals surface area contributed by atoms with Crippen LogP contribution in [0.15, 0.2) is 17.5 Å². The van der Waals surface area contributed by atoms with E-state index in [9.17, 15) is 0 Å². The molecule has 1 fully saturated rings. The monoisotopic (exact) mass is 186 g/mol. The lowest BCUT2D eigenvalue weighted by Crippen LogP contribution is -2.02. The van der Waals surface area contributed by atoms with E-state index in [4.69, 9.17) is 11.6 Å². The van der Waals surface area contributed by atoms with Crippen molar-refractivity contribution >= 4 is 22.9 Å². The highest BCUT2D eigenvalue weighted by atomic mass is 35.5. The molecule has 0 aliphatic heterocycles. The second-order valence-corrected chi connectivity index (χ2v) is 5.43. The maximum atomic E-state index is 6.41. The minimum absolute atomic E-state index is 0.0405. The maximum Gasteiger partial charge on any atom is 0.0844 e. The van der Waals surface area contributed by atoms with Crippen LogP contribution in [0.25, 0.3) is 0 Å². The van der Waals surface area contributed by atoms with Crippen molar-refractivity contribution in [2.24, 2.45) is 5.41 Å². The minimum Gasteiger partial charge on any atom is -0.147 e. The van der Waals surface area contributed by atoms with Gasteiger partial charge in [0.05, 0.1) is 4.87 Å². The first-order valence-corrected chi connectivity index (χ1v) is 5.05. The fourth-order valence-corrected chi connectivity index (χ4v) is 3.02. The fraction of sp³-hybridized carbons (Fsp3) is 0.556. The van der Waals surface area contributed by atoms with Gasteiger partial charge in [0.15, 0.2) is 0 Å². The van der Waals surface area contributed by atoms with E-state index < -0.39 is 0 Å². The minimum atomic E-state index is -0.0405. The molecule has 0 bridgehead atoms. The predicted molar refractivity (Wildman–Crippen MR) is 50.2 cm³/mol. The Kier molecular flexibility index (Phi) is 1.40. The Morgan fingerprint density at radius 3 is 2.55 bits per heavy atom. The Balaban J connectivity index is 2.33. The summed E-state index contributed by atoms with van der Waals surface area (Å²) in [5.41, 5.74) is 0.305. The molecule has 1 heterocycles. The zero-order chi connectivity index (χ0) is 8.11. The number of alkyl halides is 1. The largest absolute Gasteiger partial charge is 0.147 e. The van der Waals surface area contributed by atoms with Gasteiger partial charge in [-0.3, -0.25) is 0 Å². The SMILES string of the molecule is CC1(C)CC1(Cl)c1cccs1. The Bertz CT molecular complexity index is 263. The molecule has 2 rings (SSSR count). The van der Waals surface area contributed by atoms with Gasteiger partial charge >= 0.3 is 0 Å². The van der Waals surface area contributed by atoms with E-state index in [1.54, 1.807) is 11.3 Å². The molecule has 1 aromatic rings. The average Bonchev–Trinajstić information content (AvgIpc) is 2.36. The van der Waals surface area contributed by atoms with Gasteiger partial charge < -0.3 is 0 Å². The van der Waals surface area contributed by atoms with Gasteiger partial charge in [-0.05, 0) is 23.3 Å². The third-order valence-electron chi connectivity index (χ3n) is 2.55. The molecule has 0 aromatic carbocycles. The summed E-state index contributed by atoms with van der Waals surface area (Å²) in [6.07, 6.45) is 1.11. The summed E-state index contributed by atoms with van der Waals surface area (Å²) in [6, 6.07) is 4.20. The summed E-state index contributed by atoms with van der Waals surface area (Å²) in [7, 11) is 0. The Hall–Kier alpha value is -0.0100. The topological polar surface area (TPSA) is 0 Å². The molecule has 1 aromatic heterocycles. The predicted octanol–water partition coefficient (Wildman–Crippen LogP) is 3.61. The normalized spacial score (nSPS) is 33.7. The van der Waals surface area contributed by atoms with Gasteiger partial charge in [-0.15, -0.1) is 22.9 Å². The van der Waals surface area contributed by atoms with E-state index in [1.165, 1.54) is 4.88 Å². The molecule has 60 valence electrons. The van der Waals surface area contributed by atoms with Crippen LogP contribution in [0.1, 0.15) is 25.1 Å². The van der Waals surface area contributed by atoms with Gasteiger partial charge in [-0.2, -0.15) is 0 Å². The Morgan fingerprint density at radius 1 is 1.55 bits per heavy atom. The molecule has 1 atom stereocenters. The molecular weight excluding hydrogens is 176 g/mol. The van der Waals surface area contributed by atoms with Crippen molar-refractivity contribution in [1.82, 2.24) is 0 Å². The van der Waals surface area contributed by atoms with Crippen LogP contribution in [0.2, 0.25) is 0 Å². The highest BCUT2D eigenvalue weighted by Gasteiger charge is 2.61. The lowest BCUT2D eigenvalue weighted by Gasteiger charge is -2.08. The van der Waals surface area contributed by atoms with Gasteiger partial charge in [0.2, 0.25) is 0 Å². The van der Waals surface area contributed by atoms with E-state index >= 15 is 0 Å². The maximum absolute atomic E-state index is 6.41. The second kappa shape index (κ2) is 2.02. The van der Waals surface area contributed by atoms with Crippen LogP contribution >= 0.6 is 22.9 Å². The average molecular weight is 187 g/mol. The quantitative estimate of drug-likeness (QED) is 0.588. The highest BCUT2D eigenvalue weighted by Crippen LogP contribution is 2.67. The summed E-state index contributed by atoms with van der Waals surface area (Å²) < 4.78 is 0. The number of rotatable bonds is 1.